The lowest BCUT2D eigenvalue weighted by Gasteiger charge is -2.36. The lowest BCUT2D eigenvalue weighted by Crippen LogP contribution is -2.55. The largest absolute Gasteiger partial charge is 0.352 e. The molecule has 0 aliphatic carbocycles. The lowest BCUT2D eigenvalue weighted by molar-refractivity contribution is -0.131. The van der Waals surface area contributed by atoms with Gasteiger partial charge in [-0.1, -0.05) is 6.08 Å². The standard InChI is InChI=1S/C10H20N2O/c1-6-7-12-8(13)9(2,3)10(4,5)11/h6H,1,7,11H2,2-5H3,(H,12,13). The molecule has 0 atom stereocenters. The molecule has 76 valence electrons. The first-order chi connectivity index (χ1) is 5.73. The number of nitrogens with one attached hydrogen (secondary N) is 1. The highest BCUT2D eigenvalue weighted by Gasteiger charge is 2.39. The molecule has 0 bridgehead atoms. The van der Waals surface area contributed by atoms with Crippen molar-refractivity contribution in [1.29, 1.82) is 0 Å². The van der Waals surface area contributed by atoms with Crippen molar-refractivity contribution in [3.8, 4) is 0 Å². The maximum absolute atomic E-state index is 11.6. The van der Waals surface area contributed by atoms with E-state index in [-0.39, 0.29) is 5.91 Å². The van der Waals surface area contributed by atoms with Gasteiger partial charge >= 0.3 is 0 Å². The molecule has 13 heavy (non-hydrogen) atoms. The number of hydrogen-bond acceptors (Lipinski definition) is 2. The molecule has 0 rings (SSSR count). The SMILES string of the molecule is C=CCNC(=O)C(C)(C)C(C)(C)N. The first kappa shape index (κ1) is 12.2. The van der Waals surface area contributed by atoms with Crippen molar-refractivity contribution < 1.29 is 4.79 Å². The summed E-state index contributed by atoms with van der Waals surface area (Å²) in [6.07, 6.45) is 1.65. The summed E-state index contributed by atoms with van der Waals surface area (Å²) in [7, 11) is 0. The molecular weight excluding hydrogens is 164 g/mol. The van der Waals surface area contributed by atoms with E-state index in [0.29, 0.717) is 6.54 Å². The second-order valence-electron chi connectivity index (χ2n) is 4.35. The molecule has 0 aromatic rings. The van der Waals surface area contributed by atoms with Crippen LogP contribution in [0, 0.1) is 5.41 Å². The Kier molecular flexibility index (Phi) is 3.67. The smallest absolute Gasteiger partial charge is 0.227 e. The molecule has 3 N–H and O–H groups in total. The Labute approximate surface area is 80.4 Å². The van der Waals surface area contributed by atoms with Gasteiger partial charge in [-0.05, 0) is 27.7 Å². The zero-order chi connectivity index (χ0) is 10.7. The van der Waals surface area contributed by atoms with Crippen molar-refractivity contribution in [3.63, 3.8) is 0 Å². The maximum atomic E-state index is 11.6. The third-order valence-electron chi connectivity index (χ3n) is 2.59. The second kappa shape index (κ2) is 3.92. The summed E-state index contributed by atoms with van der Waals surface area (Å²) < 4.78 is 0. The van der Waals surface area contributed by atoms with Crippen LogP contribution in [0.15, 0.2) is 12.7 Å². The number of carbonyl (C=O) groups excluding carboxylic acids is 1. The predicted octanol–water partition coefficient (Wildman–Crippen LogP) is 1.05. The van der Waals surface area contributed by atoms with Crippen LogP contribution in [0.2, 0.25) is 0 Å². The van der Waals surface area contributed by atoms with Gasteiger partial charge in [-0.25, -0.2) is 0 Å². The van der Waals surface area contributed by atoms with Crippen LogP contribution in [0.5, 0.6) is 0 Å². The van der Waals surface area contributed by atoms with Crippen molar-refractivity contribution >= 4 is 5.91 Å². The van der Waals surface area contributed by atoms with Crippen LogP contribution < -0.4 is 11.1 Å². The first-order valence-electron chi connectivity index (χ1n) is 4.41. The fourth-order valence-corrected chi connectivity index (χ4v) is 0.678. The number of rotatable bonds is 4. The van der Waals surface area contributed by atoms with E-state index >= 15 is 0 Å². The fraction of sp³-hybridized carbons (Fsp3) is 0.700. The Morgan fingerprint density at radius 3 is 2.23 bits per heavy atom. The highest BCUT2D eigenvalue weighted by Crippen LogP contribution is 2.28. The van der Waals surface area contributed by atoms with Gasteiger partial charge in [0, 0.05) is 12.1 Å². The Bertz CT molecular complexity index is 201. The van der Waals surface area contributed by atoms with E-state index in [1.165, 1.54) is 0 Å². The molecule has 0 saturated heterocycles. The summed E-state index contributed by atoms with van der Waals surface area (Å²) in [5.41, 5.74) is 4.80. The topological polar surface area (TPSA) is 55.1 Å². The van der Waals surface area contributed by atoms with E-state index < -0.39 is 11.0 Å². The van der Waals surface area contributed by atoms with Crippen molar-refractivity contribution in [2.75, 3.05) is 6.54 Å². The van der Waals surface area contributed by atoms with E-state index in [2.05, 4.69) is 11.9 Å². The molecule has 3 nitrogen and oxygen atoms in total. The van der Waals surface area contributed by atoms with Gasteiger partial charge in [0.15, 0.2) is 0 Å². The van der Waals surface area contributed by atoms with Gasteiger partial charge in [0.2, 0.25) is 5.91 Å². The van der Waals surface area contributed by atoms with Gasteiger partial charge in [0.1, 0.15) is 0 Å². The van der Waals surface area contributed by atoms with E-state index in [1.54, 1.807) is 6.08 Å². The number of carbonyl (C=O) groups is 1. The second-order valence-corrected chi connectivity index (χ2v) is 4.35. The summed E-state index contributed by atoms with van der Waals surface area (Å²) in [5, 5.41) is 2.74. The predicted molar refractivity (Wildman–Crippen MR) is 55.3 cm³/mol. The normalized spacial score (nSPS) is 12.4. The van der Waals surface area contributed by atoms with Crippen LogP contribution in [0.25, 0.3) is 0 Å². The summed E-state index contributed by atoms with van der Waals surface area (Å²) in [5.74, 6) is -0.0418. The Morgan fingerprint density at radius 1 is 1.46 bits per heavy atom. The molecule has 0 radical (unpaired) electrons. The molecule has 1 amide bonds. The van der Waals surface area contributed by atoms with Crippen LogP contribution in [-0.2, 0) is 4.79 Å². The Morgan fingerprint density at radius 2 is 1.92 bits per heavy atom. The monoisotopic (exact) mass is 184 g/mol. The lowest BCUT2D eigenvalue weighted by atomic mass is 9.74. The minimum atomic E-state index is -0.573. The summed E-state index contributed by atoms with van der Waals surface area (Å²) in [6.45, 7) is 11.4. The van der Waals surface area contributed by atoms with Gasteiger partial charge in [0.25, 0.3) is 0 Å². The van der Waals surface area contributed by atoms with Crippen LogP contribution in [0.1, 0.15) is 27.7 Å². The molecule has 0 aliphatic heterocycles. The van der Waals surface area contributed by atoms with Crippen LogP contribution in [0.4, 0.5) is 0 Å². The highest BCUT2D eigenvalue weighted by atomic mass is 16.2. The molecule has 0 spiro atoms. The van der Waals surface area contributed by atoms with E-state index in [4.69, 9.17) is 5.73 Å². The molecule has 0 fully saturated rings. The minimum absolute atomic E-state index is 0.0418. The molecule has 0 unspecified atom stereocenters. The fourth-order valence-electron chi connectivity index (χ4n) is 0.678. The molecule has 0 aromatic carbocycles. The van der Waals surface area contributed by atoms with Crippen LogP contribution in [-0.4, -0.2) is 18.0 Å². The highest BCUT2D eigenvalue weighted by molar-refractivity contribution is 5.83. The van der Waals surface area contributed by atoms with Crippen LogP contribution in [0.3, 0.4) is 0 Å². The molecule has 3 heteroatoms. The van der Waals surface area contributed by atoms with E-state index in [1.807, 2.05) is 27.7 Å². The molecule has 0 aromatic heterocycles. The average Bonchev–Trinajstić information content (AvgIpc) is 1.97. The zero-order valence-electron chi connectivity index (χ0n) is 8.98. The van der Waals surface area contributed by atoms with Crippen LogP contribution >= 0.6 is 0 Å². The first-order valence-corrected chi connectivity index (χ1v) is 4.41. The van der Waals surface area contributed by atoms with E-state index in [0.717, 1.165) is 0 Å². The Hall–Kier alpha value is -0.830. The summed E-state index contributed by atoms with van der Waals surface area (Å²) in [6, 6.07) is 0. The van der Waals surface area contributed by atoms with Crippen molar-refractivity contribution in [2.45, 2.75) is 33.2 Å². The third kappa shape index (κ3) is 2.84. The van der Waals surface area contributed by atoms with E-state index in [9.17, 15) is 4.79 Å². The minimum Gasteiger partial charge on any atom is -0.352 e. The number of nitrogens with two attached hydrogens (primary N) is 1. The third-order valence-corrected chi connectivity index (χ3v) is 2.59. The summed E-state index contributed by atoms with van der Waals surface area (Å²) in [4.78, 5) is 11.6. The van der Waals surface area contributed by atoms with Crippen molar-refractivity contribution in [2.24, 2.45) is 11.1 Å². The zero-order valence-corrected chi connectivity index (χ0v) is 8.98. The molecule has 0 saturated carbocycles. The number of hydrogen-bond donors (Lipinski definition) is 2. The summed E-state index contributed by atoms with van der Waals surface area (Å²) >= 11 is 0. The van der Waals surface area contributed by atoms with Crippen molar-refractivity contribution in [3.05, 3.63) is 12.7 Å². The van der Waals surface area contributed by atoms with Gasteiger partial charge in [-0.15, -0.1) is 6.58 Å². The molecular formula is C10H20N2O. The molecule has 0 aliphatic rings. The van der Waals surface area contributed by atoms with Gasteiger partial charge < -0.3 is 11.1 Å². The Balaban J connectivity index is 4.45. The van der Waals surface area contributed by atoms with Gasteiger partial charge in [-0.2, -0.15) is 0 Å². The van der Waals surface area contributed by atoms with Crippen molar-refractivity contribution in [1.82, 2.24) is 5.32 Å². The quantitative estimate of drug-likeness (QED) is 0.642. The number of amides is 1. The molecule has 0 heterocycles. The average molecular weight is 184 g/mol. The van der Waals surface area contributed by atoms with Gasteiger partial charge in [0.05, 0.1) is 5.41 Å². The van der Waals surface area contributed by atoms with Gasteiger partial charge in [-0.3, -0.25) is 4.79 Å². The maximum Gasteiger partial charge on any atom is 0.227 e.